The molecule has 0 saturated heterocycles. The first-order chi connectivity index (χ1) is 11.0. The van der Waals surface area contributed by atoms with E-state index in [9.17, 15) is 24.1 Å². The second-order valence-electron chi connectivity index (χ2n) is 5.15. The lowest BCUT2D eigenvalue weighted by molar-refractivity contribution is -0.387. The highest BCUT2D eigenvalue weighted by Gasteiger charge is 2.36. The maximum absolute atomic E-state index is 13.4. The Kier molecular flexibility index (Phi) is 6.22. The molecule has 0 heterocycles. The number of ether oxygens (including phenoxy) is 3. The normalized spacial score (nSPS) is 12.4. The lowest BCUT2D eigenvalue weighted by Crippen LogP contribution is -2.40. The molecule has 0 aliphatic carbocycles. The van der Waals surface area contributed by atoms with Gasteiger partial charge >= 0.3 is 17.6 Å². The molecule has 0 bridgehead atoms. The molecule has 0 amide bonds. The third kappa shape index (κ3) is 4.62. The van der Waals surface area contributed by atoms with E-state index in [4.69, 9.17) is 25.8 Å². The Labute approximate surface area is 141 Å². The average molecular weight is 364 g/mol. The molecule has 10 heteroatoms. The van der Waals surface area contributed by atoms with Gasteiger partial charge in [0.1, 0.15) is 0 Å². The number of carbonyl (C=O) groups excluding carboxylic acids is 2. The predicted octanol–water partition coefficient (Wildman–Crippen LogP) is 2.86. The molecule has 1 aromatic rings. The van der Waals surface area contributed by atoms with Crippen LogP contribution in [0.25, 0.3) is 0 Å². The summed E-state index contributed by atoms with van der Waals surface area (Å²) in [7, 11) is 1.31. The van der Waals surface area contributed by atoms with Crippen molar-refractivity contribution in [1.82, 2.24) is 0 Å². The van der Waals surface area contributed by atoms with Gasteiger partial charge in [-0.2, -0.15) is 4.39 Å². The van der Waals surface area contributed by atoms with Crippen molar-refractivity contribution in [2.24, 2.45) is 0 Å². The van der Waals surface area contributed by atoms with Crippen LogP contribution in [0.4, 0.5) is 10.1 Å². The zero-order valence-electron chi connectivity index (χ0n) is 13.3. The van der Waals surface area contributed by atoms with Crippen molar-refractivity contribution < 1.29 is 33.1 Å². The Morgan fingerprint density at radius 1 is 1.38 bits per heavy atom. The summed E-state index contributed by atoms with van der Waals surface area (Å²) in [6.07, 6.45) is -0.869. The van der Waals surface area contributed by atoms with E-state index in [1.54, 1.807) is 0 Å². The van der Waals surface area contributed by atoms with Gasteiger partial charge < -0.3 is 14.2 Å². The summed E-state index contributed by atoms with van der Waals surface area (Å²) < 4.78 is 28.0. The molecule has 0 N–H and O–H groups in total. The summed E-state index contributed by atoms with van der Waals surface area (Å²) in [5.41, 5.74) is -3.12. The SMILES string of the molecule is COC(C)OC(=O)C(C)(C)OC(=O)c1cc([N+](=O)[O-])c(F)cc1Cl. The molecule has 24 heavy (non-hydrogen) atoms. The Morgan fingerprint density at radius 2 is 1.96 bits per heavy atom. The van der Waals surface area contributed by atoms with Gasteiger partial charge in [-0.3, -0.25) is 10.1 Å². The van der Waals surface area contributed by atoms with E-state index < -0.39 is 50.8 Å². The number of hydrogen-bond acceptors (Lipinski definition) is 7. The monoisotopic (exact) mass is 363 g/mol. The van der Waals surface area contributed by atoms with E-state index in [1.807, 2.05) is 0 Å². The molecular formula is C14H15ClFNO7. The minimum atomic E-state index is -1.73. The number of halogens is 2. The Balaban J connectivity index is 3.04. The van der Waals surface area contributed by atoms with Crippen molar-refractivity contribution in [2.75, 3.05) is 7.11 Å². The van der Waals surface area contributed by atoms with Crippen LogP contribution >= 0.6 is 11.6 Å². The molecule has 1 atom stereocenters. The van der Waals surface area contributed by atoms with Gasteiger partial charge in [-0.25, -0.2) is 9.59 Å². The minimum Gasteiger partial charge on any atom is -0.444 e. The fourth-order valence-electron chi connectivity index (χ4n) is 1.50. The maximum Gasteiger partial charge on any atom is 0.352 e. The number of carbonyl (C=O) groups is 2. The molecule has 132 valence electrons. The summed E-state index contributed by atoms with van der Waals surface area (Å²) in [4.78, 5) is 33.8. The number of esters is 2. The van der Waals surface area contributed by atoms with Gasteiger partial charge in [0.2, 0.25) is 11.4 Å². The van der Waals surface area contributed by atoms with E-state index in [1.165, 1.54) is 27.9 Å². The van der Waals surface area contributed by atoms with Crippen molar-refractivity contribution in [3.8, 4) is 0 Å². The highest BCUT2D eigenvalue weighted by Crippen LogP contribution is 2.28. The molecule has 1 unspecified atom stereocenters. The molecule has 0 aliphatic rings. The van der Waals surface area contributed by atoms with Gasteiger partial charge in [0.05, 0.1) is 15.5 Å². The maximum atomic E-state index is 13.4. The topological polar surface area (TPSA) is 105 Å². The average Bonchev–Trinajstić information content (AvgIpc) is 2.45. The third-order valence-corrected chi connectivity index (χ3v) is 3.21. The molecule has 0 aliphatic heterocycles. The molecule has 0 saturated carbocycles. The predicted molar refractivity (Wildman–Crippen MR) is 80.1 cm³/mol. The van der Waals surface area contributed by atoms with Gasteiger partial charge in [0.15, 0.2) is 6.29 Å². The van der Waals surface area contributed by atoms with Crippen molar-refractivity contribution in [3.05, 3.63) is 38.7 Å². The van der Waals surface area contributed by atoms with Gasteiger partial charge in [-0.1, -0.05) is 11.6 Å². The summed E-state index contributed by atoms with van der Waals surface area (Å²) in [5.74, 6) is -3.25. The zero-order valence-corrected chi connectivity index (χ0v) is 14.0. The largest absolute Gasteiger partial charge is 0.444 e. The van der Waals surface area contributed by atoms with Crippen molar-refractivity contribution in [2.45, 2.75) is 32.7 Å². The number of benzene rings is 1. The molecule has 1 rings (SSSR count). The van der Waals surface area contributed by atoms with Gasteiger partial charge in [0.25, 0.3) is 0 Å². The molecule has 0 aromatic heterocycles. The van der Waals surface area contributed by atoms with Crippen LogP contribution in [-0.2, 0) is 19.0 Å². The lowest BCUT2D eigenvalue weighted by Gasteiger charge is -2.24. The quantitative estimate of drug-likeness (QED) is 0.331. The highest BCUT2D eigenvalue weighted by molar-refractivity contribution is 6.33. The summed E-state index contributed by atoms with van der Waals surface area (Å²) >= 11 is 5.72. The molecule has 0 radical (unpaired) electrons. The summed E-state index contributed by atoms with van der Waals surface area (Å²) in [5, 5.41) is 10.3. The van der Waals surface area contributed by atoms with E-state index in [0.29, 0.717) is 12.1 Å². The standard InChI is InChI=1S/C14H15ClFNO7/c1-7(22-4)23-13(19)14(2,3)24-12(18)8-5-11(17(20)21)10(16)6-9(8)15/h5-7H,1-4H3. The van der Waals surface area contributed by atoms with Crippen LogP contribution in [0.2, 0.25) is 5.02 Å². The Morgan fingerprint density at radius 3 is 2.46 bits per heavy atom. The first-order valence-corrected chi connectivity index (χ1v) is 6.98. The zero-order chi connectivity index (χ0) is 18.7. The third-order valence-electron chi connectivity index (χ3n) is 2.90. The van der Waals surface area contributed by atoms with Crippen LogP contribution in [-0.4, -0.2) is 35.9 Å². The molecule has 0 fully saturated rings. The first-order valence-electron chi connectivity index (χ1n) is 6.60. The molecule has 1 aromatic carbocycles. The Bertz CT molecular complexity index is 677. The van der Waals surface area contributed by atoms with E-state index in [0.717, 1.165) is 0 Å². The van der Waals surface area contributed by atoms with Crippen LogP contribution in [0.15, 0.2) is 12.1 Å². The van der Waals surface area contributed by atoms with Crippen molar-refractivity contribution >= 4 is 29.2 Å². The Hall–Kier alpha value is -2.26. The van der Waals surface area contributed by atoms with E-state index in [2.05, 4.69) is 0 Å². The smallest absolute Gasteiger partial charge is 0.352 e. The van der Waals surface area contributed by atoms with Crippen LogP contribution in [0, 0.1) is 15.9 Å². The second-order valence-corrected chi connectivity index (χ2v) is 5.56. The number of nitrogens with zero attached hydrogens (tertiary/aromatic N) is 1. The second kappa shape index (κ2) is 7.54. The first kappa shape index (κ1) is 19.8. The van der Waals surface area contributed by atoms with Gasteiger partial charge in [-0.05, 0) is 20.8 Å². The van der Waals surface area contributed by atoms with Crippen LogP contribution in [0.1, 0.15) is 31.1 Å². The number of hydrogen-bond donors (Lipinski definition) is 0. The number of nitro benzene ring substituents is 1. The minimum absolute atomic E-state index is 0.391. The molecule has 8 nitrogen and oxygen atoms in total. The fourth-order valence-corrected chi connectivity index (χ4v) is 1.73. The fraction of sp³-hybridized carbons (Fsp3) is 0.429. The van der Waals surface area contributed by atoms with Crippen LogP contribution in [0.3, 0.4) is 0 Å². The van der Waals surface area contributed by atoms with Crippen molar-refractivity contribution in [3.63, 3.8) is 0 Å². The van der Waals surface area contributed by atoms with Crippen LogP contribution < -0.4 is 0 Å². The highest BCUT2D eigenvalue weighted by atomic mass is 35.5. The number of methoxy groups -OCH3 is 1. The molecular weight excluding hydrogens is 349 g/mol. The van der Waals surface area contributed by atoms with Crippen LogP contribution in [0.5, 0.6) is 0 Å². The number of nitro groups is 1. The van der Waals surface area contributed by atoms with E-state index in [-0.39, 0.29) is 0 Å². The summed E-state index contributed by atoms with van der Waals surface area (Å²) in [6, 6.07) is 1.26. The molecule has 0 spiro atoms. The van der Waals surface area contributed by atoms with Crippen molar-refractivity contribution in [1.29, 1.82) is 0 Å². The van der Waals surface area contributed by atoms with E-state index >= 15 is 0 Å². The summed E-state index contributed by atoms with van der Waals surface area (Å²) in [6.45, 7) is 3.96. The van der Waals surface area contributed by atoms with Gasteiger partial charge in [-0.15, -0.1) is 0 Å². The lowest BCUT2D eigenvalue weighted by atomic mass is 10.1. The number of rotatable bonds is 6. The van der Waals surface area contributed by atoms with Gasteiger partial charge in [0, 0.05) is 19.2 Å².